The molecule has 1 unspecified atom stereocenters. The van der Waals surface area contributed by atoms with Crippen LogP contribution in [-0.4, -0.2) is 24.1 Å². The maximum absolute atomic E-state index is 13.1. The van der Waals surface area contributed by atoms with Crippen molar-refractivity contribution in [1.82, 2.24) is 5.32 Å². The first kappa shape index (κ1) is 17.5. The van der Waals surface area contributed by atoms with Gasteiger partial charge in [-0.1, -0.05) is 12.1 Å². The summed E-state index contributed by atoms with van der Waals surface area (Å²) in [6.07, 6.45) is 0.105. The monoisotopic (exact) mass is 331 g/mol. The van der Waals surface area contributed by atoms with Gasteiger partial charge in [-0.05, 0) is 48.4 Å². The Labute approximate surface area is 139 Å². The van der Waals surface area contributed by atoms with Gasteiger partial charge in [-0.25, -0.2) is 4.39 Å². The molecule has 0 heterocycles. The molecule has 0 fully saturated rings. The normalized spacial score (nSPS) is 11.6. The lowest BCUT2D eigenvalue weighted by Gasteiger charge is -2.19. The summed E-state index contributed by atoms with van der Waals surface area (Å²) < 4.78 is 18.1. The summed E-state index contributed by atoms with van der Waals surface area (Å²) in [4.78, 5) is 23.2. The predicted molar refractivity (Wildman–Crippen MR) is 86.5 cm³/mol. The molecule has 0 spiro atoms. The van der Waals surface area contributed by atoms with Crippen LogP contribution < -0.4 is 10.1 Å². The van der Waals surface area contributed by atoms with E-state index in [-0.39, 0.29) is 18.7 Å². The molecule has 2 aromatic carbocycles. The molecule has 126 valence electrons. The number of carbonyl (C=O) groups is 2. The molecule has 0 aromatic heterocycles. The van der Waals surface area contributed by atoms with E-state index in [0.29, 0.717) is 16.9 Å². The van der Waals surface area contributed by atoms with E-state index in [4.69, 9.17) is 9.84 Å². The van der Waals surface area contributed by atoms with Gasteiger partial charge in [0.25, 0.3) is 5.91 Å². The zero-order valence-electron chi connectivity index (χ0n) is 13.2. The van der Waals surface area contributed by atoms with Crippen molar-refractivity contribution < 1.29 is 23.8 Å². The van der Waals surface area contributed by atoms with E-state index in [1.54, 1.807) is 24.3 Å². The molecule has 6 heteroatoms. The Bertz CT molecular complexity index is 698. The van der Waals surface area contributed by atoms with E-state index >= 15 is 0 Å². The zero-order chi connectivity index (χ0) is 17.5. The number of carbonyl (C=O) groups excluding carboxylic acids is 1. The van der Waals surface area contributed by atoms with Crippen LogP contribution in [0.2, 0.25) is 0 Å². The molecule has 2 N–H and O–H groups in total. The molecular formula is C18H18FNO4. The number of hydrogen-bond donors (Lipinski definition) is 2. The number of aliphatic carboxylic acids is 1. The fourth-order valence-electron chi connectivity index (χ4n) is 2.27. The van der Waals surface area contributed by atoms with Crippen LogP contribution in [0.15, 0.2) is 48.5 Å². The van der Waals surface area contributed by atoms with Crippen molar-refractivity contribution in [2.45, 2.75) is 18.9 Å². The Hall–Kier alpha value is -2.89. The molecule has 0 aliphatic heterocycles. The van der Waals surface area contributed by atoms with E-state index in [9.17, 15) is 14.0 Å². The van der Waals surface area contributed by atoms with Crippen molar-refractivity contribution in [2.24, 2.45) is 0 Å². The minimum absolute atomic E-state index is 0.106. The summed E-state index contributed by atoms with van der Waals surface area (Å²) in [5.41, 5.74) is 1.08. The highest BCUT2D eigenvalue weighted by Crippen LogP contribution is 2.20. The summed E-state index contributed by atoms with van der Waals surface area (Å²) in [5.74, 6) is -1.05. The fraction of sp³-hybridized carbons (Fsp3) is 0.222. The van der Waals surface area contributed by atoms with Crippen LogP contribution in [-0.2, 0) is 4.79 Å². The van der Waals surface area contributed by atoms with E-state index in [0.717, 1.165) is 0 Å². The van der Waals surface area contributed by atoms with Gasteiger partial charge in [-0.2, -0.15) is 0 Å². The first-order valence-electron chi connectivity index (χ1n) is 7.42. The molecule has 0 saturated carbocycles. The molecule has 1 atom stereocenters. The average molecular weight is 331 g/mol. The van der Waals surface area contributed by atoms with E-state index in [1.807, 2.05) is 0 Å². The zero-order valence-corrected chi connectivity index (χ0v) is 13.2. The van der Waals surface area contributed by atoms with E-state index in [2.05, 4.69) is 5.32 Å². The second kappa shape index (κ2) is 8.10. The summed E-state index contributed by atoms with van der Waals surface area (Å²) >= 11 is 0. The molecule has 0 radical (unpaired) electrons. The maximum atomic E-state index is 13.1. The quantitative estimate of drug-likeness (QED) is 0.817. The smallest absolute Gasteiger partial charge is 0.303 e. The third-order valence-corrected chi connectivity index (χ3v) is 3.58. The Kier molecular flexibility index (Phi) is 5.89. The molecule has 0 bridgehead atoms. The van der Waals surface area contributed by atoms with Crippen LogP contribution >= 0.6 is 0 Å². The van der Waals surface area contributed by atoms with Gasteiger partial charge in [-0.3, -0.25) is 9.59 Å². The van der Waals surface area contributed by atoms with Gasteiger partial charge in [0.2, 0.25) is 0 Å². The van der Waals surface area contributed by atoms with Crippen LogP contribution in [0.25, 0.3) is 0 Å². The van der Waals surface area contributed by atoms with Crippen molar-refractivity contribution >= 4 is 11.9 Å². The molecule has 0 aliphatic rings. The molecule has 2 rings (SSSR count). The highest BCUT2D eigenvalue weighted by atomic mass is 19.1. The van der Waals surface area contributed by atoms with Crippen molar-refractivity contribution in [3.63, 3.8) is 0 Å². The number of methoxy groups -OCH3 is 1. The number of benzene rings is 2. The number of rotatable bonds is 7. The van der Waals surface area contributed by atoms with Crippen molar-refractivity contribution in [3.05, 3.63) is 65.5 Å². The Balaban J connectivity index is 2.15. The van der Waals surface area contributed by atoms with Crippen molar-refractivity contribution in [2.75, 3.05) is 7.11 Å². The Morgan fingerprint density at radius 2 is 1.75 bits per heavy atom. The highest BCUT2D eigenvalue weighted by Gasteiger charge is 2.17. The lowest BCUT2D eigenvalue weighted by atomic mass is 10.0. The van der Waals surface area contributed by atoms with Gasteiger partial charge >= 0.3 is 5.97 Å². The number of amides is 1. The van der Waals surface area contributed by atoms with Crippen LogP contribution in [0, 0.1) is 5.82 Å². The molecule has 2 aromatic rings. The standard InChI is InChI=1S/C18H18FNO4/c1-24-15-8-4-13(5-9-15)18(23)20-16(10-11-17(21)22)12-2-6-14(19)7-3-12/h2-9,16H,10-11H2,1H3,(H,20,23)(H,21,22). The van der Waals surface area contributed by atoms with Crippen molar-refractivity contribution in [1.29, 1.82) is 0 Å². The van der Waals surface area contributed by atoms with Crippen LogP contribution in [0.1, 0.15) is 34.8 Å². The number of carboxylic acids is 1. The number of halogens is 1. The molecule has 0 saturated heterocycles. The number of ether oxygens (including phenoxy) is 1. The van der Waals surface area contributed by atoms with Crippen molar-refractivity contribution in [3.8, 4) is 5.75 Å². The minimum atomic E-state index is -0.958. The van der Waals surface area contributed by atoms with Crippen LogP contribution in [0.3, 0.4) is 0 Å². The van der Waals surface area contributed by atoms with Crippen LogP contribution in [0.5, 0.6) is 5.75 Å². The molecular weight excluding hydrogens is 313 g/mol. The Morgan fingerprint density at radius 3 is 2.29 bits per heavy atom. The topological polar surface area (TPSA) is 75.6 Å². The third kappa shape index (κ3) is 4.81. The first-order valence-corrected chi connectivity index (χ1v) is 7.42. The van der Waals surface area contributed by atoms with Gasteiger partial charge in [0.05, 0.1) is 13.2 Å². The first-order chi connectivity index (χ1) is 11.5. The number of nitrogens with one attached hydrogen (secondary N) is 1. The fourth-order valence-corrected chi connectivity index (χ4v) is 2.27. The Morgan fingerprint density at radius 1 is 1.12 bits per heavy atom. The second-order valence-corrected chi connectivity index (χ2v) is 5.24. The van der Waals surface area contributed by atoms with E-state index < -0.39 is 17.8 Å². The van der Waals surface area contributed by atoms with E-state index in [1.165, 1.54) is 31.4 Å². The van der Waals surface area contributed by atoms with Gasteiger partial charge in [0.1, 0.15) is 11.6 Å². The third-order valence-electron chi connectivity index (χ3n) is 3.58. The summed E-state index contributed by atoms with van der Waals surface area (Å²) in [5, 5.41) is 11.7. The van der Waals surface area contributed by atoms with Gasteiger partial charge in [0, 0.05) is 12.0 Å². The SMILES string of the molecule is COc1ccc(C(=O)NC(CCC(=O)O)c2ccc(F)cc2)cc1. The molecule has 24 heavy (non-hydrogen) atoms. The van der Waals surface area contributed by atoms with Crippen LogP contribution in [0.4, 0.5) is 4.39 Å². The van der Waals surface area contributed by atoms with Gasteiger partial charge < -0.3 is 15.2 Å². The second-order valence-electron chi connectivity index (χ2n) is 5.24. The maximum Gasteiger partial charge on any atom is 0.303 e. The lowest BCUT2D eigenvalue weighted by Crippen LogP contribution is -2.29. The molecule has 0 aliphatic carbocycles. The average Bonchev–Trinajstić information content (AvgIpc) is 2.59. The molecule has 5 nitrogen and oxygen atoms in total. The number of carboxylic acid groups (broad SMARTS) is 1. The summed E-state index contributed by atoms with van der Waals surface area (Å²) in [6.45, 7) is 0. The number of hydrogen-bond acceptors (Lipinski definition) is 3. The highest BCUT2D eigenvalue weighted by molar-refractivity contribution is 5.94. The molecule has 1 amide bonds. The lowest BCUT2D eigenvalue weighted by molar-refractivity contribution is -0.137. The largest absolute Gasteiger partial charge is 0.497 e. The predicted octanol–water partition coefficient (Wildman–Crippen LogP) is 3.17. The van der Waals surface area contributed by atoms with Gasteiger partial charge in [0.15, 0.2) is 0 Å². The van der Waals surface area contributed by atoms with Gasteiger partial charge in [-0.15, -0.1) is 0 Å². The summed E-state index contributed by atoms with van der Waals surface area (Å²) in [7, 11) is 1.53. The summed E-state index contributed by atoms with van der Waals surface area (Å²) in [6, 6.07) is 11.7. The minimum Gasteiger partial charge on any atom is -0.497 e.